The summed E-state index contributed by atoms with van der Waals surface area (Å²) in [6.45, 7) is 1.21. The Balaban J connectivity index is 1.52. The van der Waals surface area contributed by atoms with Gasteiger partial charge in [-0.3, -0.25) is 14.9 Å². The summed E-state index contributed by atoms with van der Waals surface area (Å²) in [5.74, 6) is -1.24. The van der Waals surface area contributed by atoms with Crippen molar-refractivity contribution < 1.29 is 27.3 Å². The van der Waals surface area contributed by atoms with Gasteiger partial charge in [0.05, 0.1) is 18.1 Å². The normalized spacial score (nSPS) is 14.7. The summed E-state index contributed by atoms with van der Waals surface area (Å²) in [7, 11) is -4.04. The molecule has 2 aromatic rings. The fourth-order valence-corrected chi connectivity index (χ4v) is 4.61. The summed E-state index contributed by atoms with van der Waals surface area (Å²) >= 11 is 0. The Morgan fingerprint density at radius 2 is 1.78 bits per heavy atom. The number of sulfonamides is 1. The maximum atomic E-state index is 14.2. The van der Waals surface area contributed by atoms with Gasteiger partial charge in [-0.25, -0.2) is 12.8 Å². The molecule has 1 aliphatic heterocycles. The van der Waals surface area contributed by atoms with Crippen molar-refractivity contribution in [3.63, 3.8) is 0 Å². The lowest BCUT2D eigenvalue weighted by molar-refractivity contribution is -0.384. The first kappa shape index (κ1) is 23.6. The van der Waals surface area contributed by atoms with Crippen molar-refractivity contribution in [3.8, 4) is 0 Å². The number of hydrogen-bond donors (Lipinski definition) is 2. The van der Waals surface area contributed by atoms with E-state index in [-0.39, 0.29) is 50.0 Å². The van der Waals surface area contributed by atoms with Gasteiger partial charge >= 0.3 is 0 Å². The highest BCUT2D eigenvalue weighted by atomic mass is 32.2. The van der Waals surface area contributed by atoms with Gasteiger partial charge in [-0.1, -0.05) is 0 Å². The van der Waals surface area contributed by atoms with Crippen molar-refractivity contribution in [2.24, 2.45) is 0 Å². The van der Waals surface area contributed by atoms with Crippen molar-refractivity contribution in [2.45, 2.75) is 17.7 Å². The Hall–Kier alpha value is -3.09. The number of ether oxygens (including phenoxy) is 1. The van der Waals surface area contributed by atoms with Crippen LogP contribution in [0.2, 0.25) is 0 Å². The fourth-order valence-electron chi connectivity index (χ4n) is 3.11. The summed E-state index contributed by atoms with van der Waals surface area (Å²) in [6, 6.07) is 9.35. The topological polar surface area (TPSA) is 131 Å². The van der Waals surface area contributed by atoms with Gasteiger partial charge in [0.2, 0.25) is 15.9 Å². The number of non-ortho nitro benzene ring substituents is 1. The number of halogens is 1. The van der Waals surface area contributed by atoms with Gasteiger partial charge in [0.25, 0.3) is 5.69 Å². The van der Waals surface area contributed by atoms with E-state index in [0.29, 0.717) is 18.7 Å². The molecule has 0 unspecified atom stereocenters. The van der Waals surface area contributed by atoms with Crippen molar-refractivity contribution in [1.82, 2.24) is 4.31 Å². The number of nitrogens with zero attached hydrogens (tertiary/aromatic N) is 2. The molecule has 0 atom stereocenters. The maximum Gasteiger partial charge on any atom is 0.269 e. The molecule has 1 amide bonds. The smallest absolute Gasteiger partial charge is 0.269 e. The maximum absolute atomic E-state index is 14.2. The van der Waals surface area contributed by atoms with Crippen LogP contribution < -0.4 is 10.6 Å². The molecule has 2 N–H and O–H groups in total. The second-order valence-electron chi connectivity index (χ2n) is 7.04. The van der Waals surface area contributed by atoms with E-state index in [0.717, 1.165) is 16.4 Å². The predicted octanol–water partition coefficient (Wildman–Crippen LogP) is 2.59. The first-order chi connectivity index (χ1) is 15.3. The largest absolute Gasteiger partial charge is 0.385 e. The lowest BCUT2D eigenvalue weighted by Crippen LogP contribution is -2.40. The van der Waals surface area contributed by atoms with E-state index in [1.807, 2.05) is 0 Å². The minimum atomic E-state index is -4.04. The van der Waals surface area contributed by atoms with Crippen molar-refractivity contribution in [2.75, 3.05) is 43.5 Å². The molecule has 1 fully saturated rings. The third kappa shape index (κ3) is 5.99. The number of amides is 1. The minimum absolute atomic E-state index is 0.00997. The second kappa shape index (κ2) is 10.5. The predicted molar refractivity (Wildman–Crippen MR) is 115 cm³/mol. The van der Waals surface area contributed by atoms with Crippen LogP contribution in [-0.2, 0) is 19.6 Å². The molecule has 0 aliphatic carbocycles. The standard InChI is InChI=1S/C20H23FN4O6S/c21-18-8-5-16(14-19(18)32(29,30)24-10-12-31-13-11-24)23-20(26)2-1-9-22-15-3-6-17(7-4-15)25(27)28/h3-8,14,22H,1-2,9-13H2,(H,23,26). The van der Waals surface area contributed by atoms with Crippen LogP contribution in [0.3, 0.4) is 0 Å². The van der Waals surface area contributed by atoms with Crippen LogP contribution in [0.4, 0.5) is 21.5 Å². The molecule has 2 aromatic carbocycles. The van der Waals surface area contributed by atoms with Crippen LogP contribution in [0.1, 0.15) is 12.8 Å². The lowest BCUT2D eigenvalue weighted by atomic mass is 10.2. The Morgan fingerprint density at radius 1 is 1.12 bits per heavy atom. The Morgan fingerprint density at radius 3 is 2.44 bits per heavy atom. The van der Waals surface area contributed by atoms with Crippen LogP contribution in [0.5, 0.6) is 0 Å². The van der Waals surface area contributed by atoms with Crippen molar-refractivity contribution in [3.05, 3.63) is 58.4 Å². The number of nitro groups is 1. The Labute approximate surface area is 184 Å². The van der Waals surface area contributed by atoms with Gasteiger partial charge < -0.3 is 15.4 Å². The number of benzene rings is 2. The van der Waals surface area contributed by atoms with E-state index in [1.165, 1.54) is 18.2 Å². The van der Waals surface area contributed by atoms with Crippen molar-refractivity contribution >= 4 is 33.0 Å². The number of nitrogens with one attached hydrogen (secondary N) is 2. The zero-order chi connectivity index (χ0) is 23.1. The average molecular weight is 466 g/mol. The zero-order valence-corrected chi connectivity index (χ0v) is 17.9. The Bertz CT molecular complexity index is 1070. The minimum Gasteiger partial charge on any atom is -0.385 e. The highest BCUT2D eigenvalue weighted by molar-refractivity contribution is 7.89. The van der Waals surface area contributed by atoms with E-state index >= 15 is 0 Å². The monoisotopic (exact) mass is 466 g/mol. The molecule has 12 heteroatoms. The van der Waals surface area contributed by atoms with Gasteiger partial charge in [-0.2, -0.15) is 4.31 Å². The second-order valence-corrected chi connectivity index (χ2v) is 8.95. The molecule has 1 heterocycles. The third-order valence-electron chi connectivity index (χ3n) is 4.79. The first-order valence-corrected chi connectivity index (χ1v) is 11.4. The van der Waals surface area contributed by atoms with E-state index < -0.39 is 25.7 Å². The quantitative estimate of drug-likeness (QED) is 0.330. The molecule has 1 aliphatic rings. The van der Waals surface area contributed by atoms with Crippen LogP contribution in [0, 0.1) is 15.9 Å². The lowest BCUT2D eigenvalue weighted by Gasteiger charge is -2.26. The highest BCUT2D eigenvalue weighted by Crippen LogP contribution is 2.24. The fraction of sp³-hybridized carbons (Fsp3) is 0.350. The molecule has 0 aromatic heterocycles. The zero-order valence-electron chi connectivity index (χ0n) is 17.1. The third-order valence-corrected chi connectivity index (χ3v) is 6.70. The summed E-state index contributed by atoms with van der Waals surface area (Å²) in [4.78, 5) is 21.9. The van der Waals surface area contributed by atoms with Gasteiger partial charge in [-0.15, -0.1) is 0 Å². The number of rotatable bonds is 9. The van der Waals surface area contributed by atoms with E-state index in [2.05, 4.69) is 10.6 Å². The summed E-state index contributed by atoms with van der Waals surface area (Å²) in [5, 5.41) is 16.3. The number of nitro benzene ring substituents is 1. The molecule has 32 heavy (non-hydrogen) atoms. The molecule has 10 nitrogen and oxygen atoms in total. The molecule has 3 rings (SSSR count). The van der Waals surface area contributed by atoms with Crippen LogP contribution in [0.25, 0.3) is 0 Å². The van der Waals surface area contributed by atoms with Gasteiger partial charge in [0.1, 0.15) is 10.7 Å². The molecular weight excluding hydrogens is 443 g/mol. The summed E-state index contributed by atoms with van der Waals surface area (Å²) in [5.41, 5.74) is 0.864. The van der Waals surface area contributed by atoms with Gasteiger partial charge in [0.15, 0.2) is 0 Å². The molecule has 172 valence electrons. The van der Waals surface area contributed by atoms with Gasteiger partial charge in [0, 0.05) is 49.6 Å². The Kier molecular flexibility index (Phi) is 7.72. The van der Waals surface area contributed by atoms with Crippen LogP contribution >= 0.6 is 0 Å². The van der Waals surface area contributed by atoms with Crippen molar-refractivity contribution in [1.29, 1.82) is 0 Å². The number of morpholine rings is 1. The highest BCUT2D eigenvalue weighted by Gasteiger charge is 2.29. The summed E-state index contributed by atoms with van der Waals surface area (Å²) in [6.07, 6.45) is 0.603. The van der Waals surface area contributed by atoms with Crippen LogP contribution in [0.15, 0.2) is 47.4 Å². The van der Waals surface area contributed by atoms with E-state index in [4.69, 9.17) is 4.74 Å². The molecule has 0 bridgehead atoms. The number of hydrogen-bond acceptors (Lipinski definition) is 7. The summed E-state index contributed by atoms with van der Waals surface area (Å²) < 4.78 is 46.0. The number of carbonyl (C=O) groups is 1. The molecule has 0 spiro atoms. The number of anilines is 2. The van der Waals surface area contributed by atoms with E-state index in [9.17, 15) is 27.7 Å². The van der Waals surface area contributed by atoms with Gasteiger partial charge in [-0.05, 0) is 36.8 Å². The SMILES string of the molecule is O=C(CCCNc1ccc([N+](=O)[O-])cc1)Nc1ccc(F)c(S(=O)(=O)N2CCOCC2)c1. The van der Waals surface area contributed by atoms with E-state index in [1.54, 1.807) is 12.1 Å². The average Bonchev–Trinajstić information content (AvgIpc) is 2.79. The first-order valence-electron chi connectivity index (χ1n) is 9.93. The number of carbonyl (C=O) groups excluding carboxylic acids is 1. The molecular formula is C20H23FN4O6S. The molecule has 0 saturated carbocycles. The molecule has 1 saturated heterocycles. The molecule has 0 radical (unpaired) electrons. The van der Waals surface area contributed by atoms with Crippen LogP contribution in [-0.4, -0.2) is 56.4 Å².